The van der Waals surface area contributed by atoms with E-state index in [1.807, 2.05) is 43.3 Å². The molecule has 0 bridgehead atoms. The number of nitrogens with one attached hydrogen (secondary N) is 2. The van der Waals surface area contributed by atoms with Gasteiger partial charge in [-0.15, -0.1) is 0 Å². The zero-order chi connectivity index (χ0) is 31.5. The Morgan fingerprint density at radius 3 is 2.50 bits per heavy atom. The van der Waals surface area contributed by atoms with E-state index in [0.29, 0.717) is 34.4 Å². The van der Waals surface area contributed by atoms with Crippen LogP contribution in [0.1, 0.15) is 47.2 Å². The lowest BCUT2D eigenvalue weighted by Crippen LogP contribution is -2.41. The molecule has 0 saturated heterocycles. The van der Waals surface area contributed by atoms with Gasteiger partial charge in [0.15, 0.2) is 0 Å². The van der Waals surface area contributed by atoms with Crippen LogP contribution in [0.2, 0.25) is 5.02 Å². The summed E-state index contributed by atoms with van der Waals surface area (Å²) in [5.74, 6) is -0.141. The molecular weight excluding hydrogens is 582 g/mol. The normalized spacial score (nSPS) is 16.5. The molecule has 1 saturated carbocycles. The number of ether oxygens (including phenoxy) is 1. The molecule has 11 heteroatoms. The first-order valence-electron chi connectivity index (χ1n) is 14.5. The zero-order valence-corrected chi connectivity index (χ0v) is 25.9. The summed E-state index contributed by atoms with van der Waals surface area (Å²) < 4.78 is 7.72. The lowest BCUT2D eigenvalue weighted by Gasteiger charge is -2.28. The highest BCUT2D eigenvalue weighted by Gasteiger charge is 2.23. The number of carbonyl (C=O) groups excluding carboxylic acids is 1. The van der Waals surface area contributed by atoms with E-state index in [1.165, 1.54) is 24.9 Å². The van der Waals surface area contributed by atoms with Crippen LogP contribution in [-0.2, 0) is 20.6 Å². The van der Waals surface area contributed by atoms with Crippen LogP contribution in [0, 0.1) is 6.92 Å². The van der Waals surface area contributed by atoms with Gasteiger partial charge in [0.2, 0.25) is 5.88 Å². The van der Waals surface area contributed by atoms with Crippen molar-refractivity contribution in [3.8, 4) is 28.3 Å². The Morgan fingerprint density at radius 2 is 1.75 bits per heavy atom. The number of rotatable bonds is 8. The molecule has 10 nitrogen and oxygen atoms in total. The van der Waals surface area contributed by atoms with Gasteiger partial charge in [-0.3, -0.25) is 14.2 Å². The topological polar surface area (TPSA) is 127 Å². The first-order chi connectivity index (χ1) is 21.1. The van der Waals surface area contributed by atoms with Gasteiger partial charge in [0.1, 0.15) is 5.56 Å². The number of anilines is 1. The largest absolute Gasteiger partial charge is 0.481 e. The van der Waals surface area contributed by atoms with Gasteiger partial charge in [0.25, 0.3) is 11.5 Å². The molecule has 1 amide bonds. The van der Waals surface area contributed by atoms with E-state index in [0.717, 1.165) is 52.5 Å². The summed E-state index contributed by atoms with van der Waals surface area (Å²) in [5, 5.41) is 17.1. The molecule has 3 N–H and O–H groups in total. The summed E-state index contributed by atoms with van der Waals surface area (Å²) in [6, 6.07) is 15.0. The van der Waals surface area contributed by atoms with E-state index in [4.69, 9.17) is 21.3 Å². The third kappa shape index (κ3) is 6.19. The van der Waals surface area contributed by atoms with E-state index >= 15 is 0 Å². The summed E-state index contributed by atoms with van der Waals surface area (Å²) in [4.78, 5) is 42.5. The zero-order valence-electron chi connectivity index (χ0n) is 25.2. The Morgan fingerprint density at radius 1 is 1.05 bits per heavy atom. The third-order valence-corrected chi connectivity index (χ3v) is 8.66. The van der Waals surface area contributed by atoms with Gasteiger partial charge in [-0.05, 0) is 43.0 Å². The molecule has 1 aliphatic rings. The summed E-state index contributed by atoms with van der Waals surface area (Å²) >= 11 is 7.00. The molecule has 0 spiro atoms. The van der Waals surface area contributed by atoms with Crippen LogP contribution in [0.25, 0.3) is 22.4 Å². The van der Waals surface area contributed by atoms with Gasteiger partial charge < -0.3 is 25.0 Å². The molecule has 0 unspecified atom stereocenters. The van der Waals surface area contributed by atoms with E-state index < -0.39 is 17.2 Å². The van der Waals surface area contributed by atoms with Crippen molar-refractivity contribution in [2.75, 3.05) is 12.4 Å². The fourth-order valence-corrected chi connectivity index (χ4v) is 6.00. The van der Waals surface area contributed by atoms with Crippen molar-refractivity contribution in [1.29, 1.82) is 0 Å². The highest BCUT2D eigenvalue weighted by Crippen LogP contribution is 2.39. The number of pyridine rings is 1. The number of hydrogen-bond donors (Lipinski definition) is 3. The van der Waals surface area contributed by atoms with Crippen LogP contribution >= 0.6 is 11.6 Å². The second kappa shape index (κ2) is 13.2. The van der Waals surface area contributed by atoms with Crippen LogP contribution in [0.15, 0.2) is 64.3 Å². The molecule has 0 radical (unpaired) electrons. The second-order valence-electron chi connectivity index (χ2n) is 11.1. The molecule has 4 aromatic rings. The van der Waals surface area contributed by atoms with Crippen molar-refractivity contribution < 1.29 is 14.6 Å². The minimum Gasteiger partial charge on any atom is -0.481 e. The van der Waals surface area contributed by atoms with Gasteiger partial charge in [-0.25, -0.2) is 9.78 Å². The highest BCUT2D eigenvalue weighted by atomic mass is 35.5. The van der Waals surface area contributed by atoms with Crippen molar-refractivity contribution in [2.45, 2.75) is 51.3 Å². The van der Waals surface area contributed by atoms with Crippen molar-refractivity contribution >= 4 is 23.2 Å². The molecule has 2 aromatic carbocycles. The van der Waals surface area contributed by atoms with Crippen LogP contribution in [-0.4, -0.2) is 44.4 Å². The predicted molar refractivity (Wildman–Crippen MR) is 171 cm³/mol. The number of nitrogens with zero attached hydrogens (tertiary/aromatic N) is 3. The first-order valence-corrected chi connectivity index (χ1v) is 14.9. The number of aromatic nitrogens is 3. The molecule has 44 heavy (non-hydrogen) atoms. The maximum atomic E-state index is 13.1. The number of aliphatic hydroxyl groups is 1. The Hall–Kier alpha value is -4.25. The Kier molecular flexibility index (Phi) is 9.33. The molecule has 2 heterocycles. The molecule has 1 fully saturated rings. The van der Waals surface area contributed by atoms with Crippen LogP contribution in [0.4, 0.5) is 5.69 Å². The fraction of sp³-hybridized carbons (Fsp3) is 0.333. The average Bonchev–Trinajstić information content (AvgIpc) is 3.02. The number of halogens is 1. The Labute approximate surface area is 260 Å². The predicted octanol–water partition coefficient (Wildman–Crippen LogP) is 4.43. The van der Waals surface area contributed by atoms with Crippen LogP contribution < -0.4 is 26.6 Å². The standard InChI is InChI=1S/C33H36ClN5O5/c1-19-21(9-8-13-25(19)36-30(41)24-18-38(2)33(43)39(3)32(24)42)22-10-7-11-23(29(22)34)26-16-15-20(31(37-26)44-4)17-35-27-12-5-6-14-28(27)40/h7-11,13,15-16,18,27-28,35,40H,5-6,12,14,17H2,1-4H3,(H,36,41)/t27-,28+/m1/s1. The van der Waals surface area contributed by atoms with Crippen molar-refractivity contribution in [3.63, 3.8) is 0 Å². The number of methoxy groups -OCH3 is 1. The SMILES string of the molecule is COc1nc(-c2cccc(-c3cccc(NC(=O)c4cn(C)c(=O)n(C)c4=O)c3C)c2Cl)ccc1CN[C@@H]1CCCC[C@@H]1O. The van der Waals surface area contributed by atoms with Crippen LogP contribution in [0.3, 0.4) is 0 Å². The van der Waals surface area contributed by atoms with E-state index in [1.54, 1.807) is 19.2 Å². The van der Waals surface area contributed by atoms with E-state index in [2.05, 4.69) is 10.6 Å². The average molecular weight is 618 g/mol. The fourth-order valence-electron chi connectivity index (χ4n) is 5.68. The van der Waals surface area contributed by atoms with Crippen molar-refractivity contribution in [1.82, 2.24) is 19.4 Å². The van der Waals surface area contributed by atoms with Gasteiger partial charge in [-0.1, -0.05) is 60.8 Å². The van der Waals surface area contributed by atoms with Gasteiger partial charge >= 0.3 is 5.69 Å². The molecule has 2 atom stereocenters. The second-order valence-corrected chi connectivity index (χ2v) is 11.5. The van der Waals surface area contributed by atoms with Gasteiger partial charge in [0.05, 0.1) is 23.9 Å². The van der Waals surface area contributed by atoms with Gasteiger partial charge in [-0.2, -0.15) is 0 Å². The minimum atomic E-state index is -0.675. The Bertz CT molecular complexity index is 1830. The lowest BCUT2D eigenvalue weighted by atomic mass is 9.92. The smallest absolute Gasteiger partial charge is 0.330 e. The molecular formula is C33H36ClN5O5. The molecule has 0 aliphatic heterocycles. The molecule has 1 aliphatic carbocycles. The number of carbonyl (C=O) groups is 1. The number of benzene rings is 2. The number of hydrogen-bond acceptors (Lipinski definition) is 7. The Balaban J connectivity index is 1.42. The van der Waals surface area contributed by atoms with Crippen molar-refractivity contribution in [3.05, 3.63) is 97.3 Å². The van der Waals surface area contributed by atoms with E-state index in [9.17, 15) is 19.5 Å². The molecule has 230 valence electrons. The monoisotopic (exact) mass is 617 g/mol. The van der Waals surface area contributed by atoms with E-state index in [-0.39, 0.29) is 17.7 Å². The van der Waals surface area contributed by atoms with Crippen LogP contribution in [0.5, 0.6) is 5.88 Å². The maximum Gasteiger partial charge on any atom is 0.330 e. The highest BCUT2D eigenvalue weighted by molar-refractivity contribution is 6.36. The summed E-state index contributed by atoms with van der Waals surface area (Å²) in [5.41, 5.74) is 3.69. The number of amides is 1. The maximum absolute atomic E-state index is 13.1. The molecule has 2 aromatic heterocycles. The lowest BCUT2D eigenvalue weighted by molar-refractivity contribution is 0.0901. The summed E-state index contributed by atoms with van der Waals surface area (Å²) in [6.07, 6.45) is 4.79. The molecule has 5 rings (SSSR count). The summed E-state index contributed by atoms with van der Waals surface area (Å²) in [7, 11) is 4.40. The van der Waals surface area contributed by atoms with Crippen molar-refractivity contribution in [2.24, 2.45) is 14.1 Å². The number of aryl methyl sites for hydroxylation is 1. The minimum absolute atomic E-state index is 0.0507. The van der Waals surface area contributed by atoms with Gasteiger partial charge in [0, 0.05) is 55.3 Å². The summed E-state index contributed by atoms with van der Waals surface area (Å²) in [6.45, 7) is 2.38. The third-order valence-electron chi connectivity index (χ3n) is 8.25. The quantitative estimate of drug-likeness (QED) is 0.267. The number of aliphatic hydroxyl groups excluding tert-OH is 1. The first kappa shape index (κ1) is 31.2.